The van der Waals surface area contributed by atoms with Crippen LogP contribution in [0.2, 0.25) is 0 Å². The van der Waals surface area contributed by atoms with Gasteiger partial charge in [0.2, 0.25) is 0 Å². The number of hydrogen-bond acceptors (Lipinski definition) is 6. The molecule has 0 aromatic heterocycles. The Balaban J connectivity index is 0.000000573. The molecule has 0 unspecified atom stereocenters. The number of rotatable bonds is 54. The number of aryl methyl sites for hydroxylation is 4. The second kappa shape index (κ2) is 52.1. The predicted octanol–water partition coefficient (Wildman–Crippen LogP) is 24.1. The number of hydrogen-bond donors (Lipinski definition) is 0. The zero-order valence-corrected chi connectivity index (χ0v) is 59.4. The van der Waals surface area contributed by atoms with Crippen molar-refractivity contribution < 1.29 is 25.9 Å². The van der Waals surface area contributed by atoms with Crippen LogP contribution in [0.5, 0.6) is 0 Å². The quantitative estimate of drug-likeness (QED) is 0.0247. The first-order valence-corrected chi connectivity index (χ1v) is 38.8. The van der Waals surface area contributed by atoms with Crippen LogP contribution in [-0.4, -0.2) is 63.7 Å². The molecule has 85 heavy (non-hydrogen) atoms. The Morgan fingerprint density at radius 3 is 0.671 bits per heavy atom. The summed E-state index contributed by atoms with van der Waals surface area (Å²) in [6.07, 6.45) is 68.4. The first-order valence-electron chi connectivity index (χ1n) is 35.9. The van der Waals surface area contributed by atoms with E-state index in [0.717, 1.165) is 60.1 Å². The van der Waals surface area contributed by atoms with E-state index in [-0.39, 0.29) is 47.5 Å². The second-order valence-corrected chi connectivity index (χ2v) is 28.5. The van der Waals surface area contributed by atoms with E-state index in [4.69, 9.17) is 0 Å². The average Bonchev–Trinajstić information content (AvgIpc) is 3.66. The molecule has 4 rings (SSSR count). The fraction of sp³-hybridized carbons (Fsp3) is 0.737. The molecular formula is C76H126CaO6S2. The first kappa shape index (κ1) is 79.6. The monoisotopic (exact) mass is 1240 g/mol. The molecule has 480 valence electrons. The van der Waals surface area contributed by atoms with Gasteiger partial charge in [-0.15, -0.1) is 0 Å². The maximum absolute atomic E-state index is 11.7. The summed E-state index contributed by atoms with van der Waals surface area (Å²) < 4.78 is 70.1. The second-order valence-electron chi connectivity index (χ2n) is 25.7. The Morgan fingerprint density at radius 1 is 0.259 bits per heavy atom. The minimum Gasteiger partial charge on any atom is -0.744 e. The molecule has 0 spiro atoms. The van der Waals surface area contributed by atoms with Gasteiger partial charge in [-0.05, 0) is 119 Å². The van der Waals surface area contributed by atoms with E-state index in [9.17, 15) is 25.9 Å². The van der Waals surface area contributed by atoms with Crippen LogP contribution in [-0.2, 0) is 45.9 Å². The van der Waals surface area contributed by atoms with Crippen molar-refractivity contribution in [1.29, 1.82) is 0 Å². The summed E-state index contributed by atoms with van der Waals surface area (Å²) in [5.74, 6) is 0. The maximum atomic E-state index is 11.7. The summed E-state index contributed by atoms with van der Waals surface area (Å²) in [6, 6.07) is 18.8. The first-order chi connectivity index (χ1) is 40.9. The van der Waals surface area contributed by atoms with Crippen molar-refractivity contribution in [2.24, 2.45) is 0 Å². The molecule has 4 aromatic carbocycles. The van der Waals surface area contributed by atoms with Gasteiger partial charge in [0.15, 0.2) is 0 Å². The SMILES string of the molecule is CCCCCCCCCCCCCCc1cc(CCCCCCCCCCCCCC)c2ccc(S(=O)(=O)[O-])cc2c1.CCCCCCCCCCCCCCc1cc(CCCCCCCCCCCCCC)c2ccc(S(=O)(=O)[O-])cc2c1.[Ca+2]. The Morgan fingerprint density at radius 2 is 0.459 bits per heavy atom. The molecule has 0 radical (unpaired) electrons. The van der Waals surface area contributed by atoms with Gasteiger partial charge in [0, 0.05) is 0 Å². The Bertz CT molecular complexity index is 2300. The number of unbranched alkanes of at least 4 members (excludes halogenated alkanes) is 44. The molecule has 0 bridgehead atoms. The summed E-state index contributed by atoms with van der Waals surface area (Å²) in [7, 11) is -8.90. The van der Waals surface area contributed by atoms with E-state index >= 15 is 0 Å². The summed E-state index contributed by atoms with van der Waals surface area (Å²) in [5, 5.41) is 4.00. The van der Waals surface area contributed by atoms with Crippen molar-refractivity contribution in [1.82, 2.24) is 0 Å². The summed E-state index contributed by atoms with van der Waals surface area (Å²) >= 11 is 0. The fourth-order valence-corrected chi connectivity index (χ4v) is 13.7. The van der Waals surface area contributed by atoms with Crippen LogP contribution in [0.3, 0.4) is 0 Å². The van der Waals surface area contributed by atoms with E-state index < -0.39 is 20.2 Å². The third-order valence-electron chi connectivity index (χ3n) is 18.0. The average molecular weight is 1240 g/mol. The molecule has 0 heterocycles. The van der Waals surface area contributed by atoms with Gasteiger partial charge in [0.05, 0.1) is 9.79 Å². The molecule has 6 nitrogen and oxygen atoms in total. The van der Waals surface area contributed by atoms with Gasteiger partial charge in [0.1, 0.15) is 20.2 Å². The number of benzene rings is 4. The molecule has 4 aromatic rings. The Kier molecular flexibility index (Phi) is 48.8. The molecule has 0 aliphatic heterocycles. The fourth-order valence-electron chi connectivity index (χ4n) is 12.7. The van der Waals surface area contributed by atoms with Gasteiger partial charge < -0.3 is 9.11 Å². The molecule has 0 aliphatic carbocycles. The van der Waals surface area contributed by atoms with Crippen molar-refractivity contribution in [3.05, 3.63) is 82.9 Å². The molecule has 0 amide bonds. The molecule has 0 fully saturated rings. The largest absolute Gasteiger partial charge is 2.00 e. The van der Waals surface area contributed by atoms with Crippen molar-refractivity contribution in [2.45, 2.75) is 371 Å². The van der Waals surface area contributed by atoms with Gasteiger partial charge in [-0.1, -0.05) is 347 Å². The standard InChI is InChI=1S/2C38H64O3S.Ca/c2*1-3-5-7-9-11-13-15-17-19-21-23-25-27-34-31-35(38-30-29-37(42(39,40)41)33-36(38)32-34)28-26-24-22-20-18-16-14-12-10-8-6-4-2;/h2*29-33H,3-28H2,1-2H3,(H,39,40,41);/q;;+2/p-2. The van der Waals surface area contributed by atoms with Crippen LogP contribution >= 0.6 is 0 Å². The molecule has 0 saturated carbocycles. The zero-order chi connectivity index (χ0) is 60.6. The van der Waals surface area contributed by atoms with E-state index in [2.05, 4.69) is 52.0 Å². The van der Waals surface area contributed by atoms with E-state index in [0.29, 0.717) is 0 Å². The van der Waals surface area contributed by atoms with Crippen LogP contribution in [0.25, 0.3) is 21.5 Å². The molecule has 0 atom stereocenters. The van der Waals surface area contributed by atoms with Gasteiger partial charge in [-0.25, -0.2) is 16.8 Å². The van der Waals surface area contributed by atoms with Crippen LogP contribution in [0.1, 0.15) is 358 Å². The normalized spacial score (nSPS) is 11.8. The van der Waals surface area contributed by atoms with E-state index in [1.54, 1.807) is 12.1 Å². The molecule has 0 saturated heterocycles. The van der Waals surface area contributed by atoms with Crippen molar-refractivity contribution in [2.75, 3.05) is 0 Å². The molecule has 9 heteroatoms. The Hall–Kier alpha value is -1.52. The Labute approximate surface area is 555 Å². The van der Waals surface area contributed by atoms with Gasteiger partial charge in [-0.3, -0.25) is 0 Å². The van der Waals surface area contributed by atoms with Gasteiger partial charge in [-0.2, -0.15) is 0 Å². The summed E-state index contributed by atoms with van der Waals surface area (Å²) in [5.41, 5.74) is 5.18. The minimum atomic E-state index is -4.45. The van der Waals surface area contributed by atoms with E-state index in [1.165, 1.54) is 330 Å². The van der Waals surface area contributed by atoms with Crippen LogP contribution < -0.4 is 0 Å². The third-order valence-corrected chi connectivity index (χ3v) is 19.6. The third kappa shape index (κ3) is 39.4. The predicted molar refractivity (Wildman–Crippen MR) is 369 cm³/mol. The molecular weight excluding hydrogens is 1110 g/mol. The molecule has 0 N–H and O–H groups in total. The maximum Gasteiger partial charge on any atom is 2.00 e. The van der Waals surface area contributed by atoms with E-state index in [1.807, 2.05) is 12.1 Å². The van der Waals surface area contributed by atoms with Crippen molar-refractivity contribution in [3.63, 3.8) is 0 Å². The number of fused-ring (bicyclic) bond motifs is 2. The van der Waals surface area contributed by atoms with Crippen LogP contribution in [0, 0.1) is 0 Å². The summed E-state index contributed by atoms with van der Waals surface area (Å²) in [4.78, 5) is -0.234. The topological polar surface area (TPSA) is 114 Å². The zero-order valence-electron chi connectivity index (χ0n) is 55.5. The van der Waals surface area contributed by atoms with Crippen LogP contribution in [0.15, 0.2) is 70.5 Å². The minimum absolute atomic E-state index is 0. The molecule has 0 aliphatic rings. The smallest absolute Gasteiger partial charge is 0.744 e. The van der Waals surface area contributed by atoms with Crippen molar-refractivity contribution >= 4 is 79.5 Å². The van der Waals surface area contributed by atoms with Crippen LogP contribution in [0.4, 0.5) is 0 Å². The van der Waals surface area contributed by atoms with Gasteiger partial charge >= 0.3 is 37.7 Å². The van der Waals surface area contributed by atoms with Gasteiger partial charge in [0.25, 0.3) is 0 Å². The van der Waals surface area contributed by atoms with Crippen molar-refractivity contribution in [3.8, 4) is 0 Å². The summed E-state index contributed by atoms with van der Waals surface area (Å²) in [6.45, 7) is 9.10.